The van der Waals surface area contributed by atoms with Crippen LogP contribution in [0.4, 0.5) is 4.39 Å². The van der Waals surface area contributed by atoms with Crippen LogP contribution in [-0.4, -0.2) is 29.3 Å². The lowest BCUT2D eigenvalue weighted by Crippen LogP contribution is -2.34. The first-order chi connectivity index (χ1) is 13.7. The molecule has 0 unspecified atom stereocenters. The summed E-state index contributed by atoms with van der Waals surface area (Å²) in [6, 6.07) is 26.5. The third-order valence-corrected chi connectivity index (χ3v) is 4.46. The van der Waals surface area contributed by atoms with Crippen molar-refractivity contribution in [3.63, 3.8) is 0 Å². The van der Waals surface area contributed by atoms with Crippen molar-refractivity contribution < 1.29 is 14.2 Å². The molecular formula is C24H26FNO2. The molecule has 0 fully saturated rings. The van der Waals surface area contributed by atoms with E-state index in [4.69, 9.17) is 4.74 Å². The molecule has 3 aromatic rings. The number of aliphatic hydroxyl groups excluding tert-OH is 1. The zero-order valence-corrected chi connectivity index (χ0v) is 15.9. The highest BCUT2D eigenvalue weighted by molar-refractivity contribution is 5.18. The van der Waals surface area contributed by atoms with Crippen LogP contribution >= 0.6 is 0 Å². The van der Waals surface area contributed by atoms with Crippen molar-refractivity contribution in [1.82, 2.24) is 4.90 Å². The van der Waals surface area contributed by atoms with Gasteiger partial charge in [0.15, 0.2) is 0 Å². The van der Waals surface area contributed by atoms with Gasteiger partial charge in [0, 0.05) is 19.6 Å². The molecule has 0 aliphatic rings. The molecule has 0 aromatic heterocycles. The number of ether oxygens (including phenoxy) is 1. The van der Waals surface area contributed by atoms with Crippen LogP contribution in [0.1, 0.15) is 16.7 Å². The van der Waals surface area contributed by atoms with Crippen LogP contribution < -0.4 is 0 Å². The second-order valence-electron chi connectivity index (χ2n) is 6.94. The first-order valence-electron chi connectivity index (χ1n) is 9.49. The zero-order valence-electron chi connectivity index (χ0n) is 15.9. The van der Waals surface area contributed by atoms with Crippen molar-refractivity contribution in [2.24, 2.45) is 0 Å². The van der Waals surface area contributed by atoms with Gasteiger partial charge in [-0.05, 0) is 28.8 Å². The minimum Gasteiger partial charge on any atom is -0.389 e. The van der Waals surface area contributed by atoms with E-state index in [1.807, 2.05) is 48.5 Å². The number of hydrogen-bond donors (Lipinski definition) is 1. The molecule has 0 aliphatic heterocycles. The van der Waals surface area contributed by atoms with Crippen molar-refractivity contribution >= 4 is 0 Å². The van der Waals surface area contributed by atoms with Crippen LogP contribution in [0.25, 0.3) is 0 Å². The predicted octanol–water partition coefficient (Wildman–Crippen LogP) is 4.41. The molecule has 0 saturated carbocycles. The minimum atomic E-state index is -0.604. The van der Waals surface area contributed by atoms with Gasteiger partial charge in [0.05, 0.1) is 19.3 Å². The highest BCUT2D eigenvalue weighted by Gasteiger charge is 2.14. The number of rotatable bonds is 10. The summed E-state index contributed by atoms with van der Waals surface area (Å²) in [7, 11) is 0. The van der Waals surface area contributed by atoms with Crippen molar-refractivity contribution in [3.8, 4) is 0 Å². The maximum atomic E-state index is 13.2. The summed E-state index contributed by atoms with van der Waals surface area (Å²) in [5.74, 6) is -0.243. The van der Waals surface area contributed by atoms with E-state index in [0.29, 0.717) is 26.2 Å². The van der Waals surface area contributed by atoms with Crippen LogP contribution in [0.2, 0.25) is 0 Å². The fraction of sp³-hybridized carbons (Fsp3) is 0.250. The van der Waals surface area contributed by atoms with Crippen LogP contribution in [0.3, 0.4) is 0 Å². The van der Waals surface area contributed by atoms with Crippen LogP contribution in [0.5, 0.6) is 0 Å². The number of hydrogen-bond acceptors (Lipinski definition) is 3. The molecule has 0 radical (unpaired) electrons. The standard InChI is InChI=1S/C24H26FNO2/c25-23-13-11-21(12-14-23)16-26(15-20-7-3-1-4-8-20)17-24(27)19-28-18-22-9-5-2-6-10-22/h1-14,24,27H,15-19H2/t24-/m1/s1. The lowest BCUT2D eigenvalue weighted by molar-refractivity contribution is 0.00712. The summed E-state index contributed by atoms with van der Waals surface area (Å²) < 4.78 is 18.9. The lowest BCUT2D eigenvalue weighted by atomic mass is 10.1. The largest absolute Gasteiger partial charge is 0.389 e. The highest BCUT2D eigenvalue weighted by atomic mass is 19.1. The Hall–Kier alpha value is -2.53. The first-order valence-corrected chi connectivity index (χ1v) is 9.49. The summed E-state index contributed by atoms with van der Waals surface area (Å²) in [5, 5.41) is 10.5. The molecule has 28 heavy (non-hydrogen) atoms. The third kappa shape index (κ3) is 6.89. The van der Waals surface area contributed by atoms with Gasteiger partial charge in [-0.25, -0.2) is 4.39 Å². The minimum absolute atomic E-state index is 0.243. The molecule has 3 nitrogen and oxygen atoms in total. The van der Waals surface area contributed by atoms with E-state index in [1.165, 1.54) is 17.7 Å². The Morgan fingerprint density at radius 1 is 0.750 bits per heavy atom. The van der Waals surface area contributed by atoms with E-state index in [9.17, 15) is 9.50 Å². The number of halogens is 1. The van der Waals surface area contributed by atoms with E-state index < -0.39 is 6.10 Å². The average Bonchev–Trinajstić information content (AvgIpc) is 2.71. The number of aliphatic hydroxyl groups is 1. The Labute approximate surface area is 166 Å². The van der Waals surface area contributed by atoms with E-state index in [2.05, 4.69) is 17.0 Å². The molecule has 3 aromatic carbocycles. The quantitative estimate of drug-likeness (QED) is 0.567. The molecule has 0 saturated heterocycles. The maximum Gasteiger partial charge on any atom is 0.123 e. The molecule has 0 bridgehead atoms. The highest BCUT2D eigenvalue weighted by Crippen LogP contribution is 2.12. The zero-order chi connectivity index (χ0) is 19.6. The Balaban J connectivity index is 1.56. The SMILES string of the molecule is O[C@@H](COCc1ccccc1)CN(Cc1ccccc1)Cc1ccc(F)cc1. The summed E-state index contributed by atoms with van der Waals surface area (Å²) >= 11 is 0. The van der Waals surface area contributed by atoms with Gasteiger partial charge >= 0.3 is 0 Å². The summed E-state index contributed by atoms with van der Waals surface area (Å²) in [5.41, 5.74) is 3.26. The topological polar surface area (TPSA) is 32.7 Å². The number of benzene rings is 3. The lowest BCUT2D eigenvalue weighted by Gasteiger charge is -2.25. The summed E-state index contributed by atoms with van der Waals surface area (Å²) in [6.07, 6.45) is -0.604. The number of nitrogens with zero attached hydrogens (tertiary/aromatic N) is 1. The monoisotopic (exact) mass is 379 g/mol. The molecule has 1 atom stereocenters. The molecule has 0 amide bonds. The molecule has 4 heteroatoms. The van der Waals surface area contributed by atoms with Gasteiger partial charge in [-0.15, -0.1) is 0 Å². The van der Waals surface area contributed by atoms with E-state index in [1.54, 1.807) is 12.1 Å². The van der Waals surface area contributed by atoms with Crippen molar-refractivity contribution in [2.75, 3.05) is 13.2 Å². The van der Waals surface area contributed by atoms with Crippen molar-refractivity contribution in [2.45, 2.75) is 25.8 Å². The fourth-order valence-electron chi connectivity index (χ4n) is 3.11. The maximum absolute atomic E-state index is 13.2. The summed E-state index contributed by atoms with van der Waals surface area (Å²) in [4.78, 5) is 2.15. The fourth-order valence-corrected chi connectivity index (χ4v) is 3.11. The molecule has 146 valence electrons. The van der Waals surface area contributed by atoms with Gasteiger partial charge in [0.1, 0.15) is 5.82 Å². The first kappa shape index (κ1) is 20.2. The second-order valence-corrected chi connectivity index (χ2v) is 6.94. The van der Waals surface area contributed by atoms with Crippen LogP contribution in [0.15, 0.2) is 84.9 Å². The van der Waals surface area contributed by atoms with E-state index >= 15 is 0 Å². The van der Waals surface area contributed by atoms with Gasteiger partial charge in [-0.3, -0.25) is 4.90 Å². The second kappa shape index (κ2) is 10.7. The van der Waals surface area contributed by atoms with Gasteiger partial charge < -0.3 is 9.84 Å². The normalized spacial score (nSPS) is 12.2. The van der Waals surface area contributed by atoms with Crippen molar-refractivity contribution in [3.05, 3.63) is 107 Å². The van der Waals surface area contributed by atoms with Crippen LogP contribution in [0, 0.1) is 5.82 Å². The molecule has 0 heterocycles. The summed E-state index contributed by atoms with van der Waals surface area (Å²) in [6.45, 7) is 2.55. The Bertz CT molecular complexity index is 809. The van der Waals surface area contributed by atoms with Gasteiger partial charge in [0.2, 0.25) is 0 Å². The van der Waals surface area contributed by atoms with E-state index in [0.717, 1.165) is 11.1 Å². The van der Waals surface area contributed by atoms with Crippen LogP contribution in [-0.2, 0) is 24.4 Å². The van der Waals surface area contributed by atoms with Gasteiger partial charge in [-0.2, -0.15) is 0 Å². The molecule has 0 aliphatic carbocycles. The average molecular weight is 379 g/mol. The Morgan fingerprint density at radius 3 is 1.89 bits per heavy atom. The molecular weight excluding hydrogens is 353 g/mol. The molecule has 0 spiro atoms. The van der Waals surface area contributed by atoms with E-state index in [-0.39, 0.29) is 12.4 Å². The van der Waals surface area contributed by atoms with Gasteiger partial charge in [-0.1, -0.05) is 72.8 Å². The third-order valence-electron chi connectivity index (χ3n) is 4.46. The molecule has 3 rings (SSSR count). The van der Waals surface area contributed by atoms with Gasteiger partial charge in [0.25, 0.3) is 0 Å². The Kier molecular flexibility index (Phi) is 7.73. The molecule has 1 N–H and O–H groups in total. The predicted molar refractivity (Wildman–Crippen MR) is 109 cm³/mol. The van der Waals surface area contributed by atoms with Crippen molar-refractivity contribution in [1.29, 1.82) is 0 Å². The Morgan fingerprint density at radius 2 is 1.29 bits per heavy atom. The smallest absolute Gasteiger partial charge is 0.123 e.